The van der Waals surface area contributed by atoms with Crippen LogP contribution in [0.2, 0.25) is 4.34 Å². The number of sulfonamides is 1. The molecule has 2 aromatic rings. The van der Waals surface area contributed by atoms with Crippen LogP contribution >= 0.6 is 22.9 Å². The summed E-state index contributed by atoms with van der Waals surface area (Å²) in [5, 5.41) is 0. The number of hydrogen-bond donors (Lipinski definition) is 1. The molecule has 0 aliphatic heterocycles. The van der Waals surface area contributed by atoms with Crippen LogP contribution < -0.4 is 9.46 Å². The number of methoxy groups -OCH3 is 1. The van der Waals surface area contributed by atoms with Gasteiger partial charge in [0.15, 0.2) is 0 Å². The first-order valence-corrected chi connectivity index (χ1v) is 9.59. The standard InChI is InChI=1S/C15H16ClNO3S2/c1-20-12-6-4-11(5-7-12)15(10-2-3-10)17-22(18,19)14-9-8-13(16)21-14/h4-10,15,17H,2-3H2,1H3. The molecular formula is C15H16ClNO3S2. The Morgan fingerprint density at radius 2 is 1.91 bits per heavy atom. The van der Waals surface area contributed by atoms with Gasteiger partial charge in [-0.25, -0.2) is 13.1 Å². The second-order valence-electron chi connectivity index (χ2n) is 5.27. The zero-order chi connectivity index (χ0) is 15.7. The number of halogens is 1. The molecule has 0 radical (unpaired) electrons. The number of benzene rings is 1. The molecule has 1 unspecified atom stereocenters. The smallest absolute Gasteiger partial charge is 0.250 e. The highest BCUT2D eigenvalue weighted by Gasteiger charge is 2.35. The van der Waals surface area contributed by atoms with E-state index >= 15 is 0 Å². The molecule has 3 rings (SSSR count). The molecule has 1 fully saturated rings. The molecule has 22 heavy (non-hydrogen) atoms. The van der Waals surface area contributed by atoms with Crippen LogP contribution in [0.25, 0.3) is 0 Å². The van der Waals surface area contributed by atoms with Gasteiger partial charge in [0.25, 0.3) is 10.0 Å². The molecule has 1 aliphatic rings. The summed E-state index contributed by atoms with van der Waals surface area (Å²) < 4.78 is 33.7. The zero-order valence-corrected chi connectivity index (χ0v) is 14.3. The summed E-state index contributed by atoms with van der Waals surface area (Å²) in [6.45, 7) is 0. The summed E-state index contributed by atoms with van der Waals surface area (Å²) in [6.07, 6.45) is 2.06. The van der Waals surface area contributed by atoms with E-state index in [0.717, 1.165) is 35.5 Å². The van der Waals surface area contributed by atoms with Crippen LogP contribution in [0.5, 0.6) is 5.75 Å². The van der Waals surface area contributed by atoms with Crippen LogP contribution in [0, 0.1) is 5.92 Å². The summed E-state index contributed by atoms with van der Waals surface area (Å²) in [5.74, 6) is 1.10. The van der Waals surface area contributed by atoms with E-state index in [0.29, 0.717) is 10.3 Å². The zero-order valence-electron chi connectivity index (χ0n) is 12.0. The first-order valence-electron chi connectivity index (χ1n) is 6.91. The van der Waals surface area contributed by atoms with Crippen LogP contribution in [0.3, 0.4) is 0 Å². The molecule has 0 amide bonds. The Morgan fingerprint density at radius 3 is 2.41 bits per heavy atom. The fourth-order valence-corrected chi connectivity index (χ4v) is 5.14. The molecule has 7 heteroatoms. The SMILES string of the molecule is COc1ccc(C(NS(=O)(=O)c2ccc(Cl)s2)C2CC2)cc1. The molecule has 1 atom stereocenters. The maximum Gasteiger partial charge on any atom is 0.250 e. The average Bonchev–Trinajstić information content (AvgIpc) is 3.25. The highest BCUT2D eigenvalue weighted by Crippen LogP contribution is 2.42. The van der Waals surface area contributed by atoms with E-state index in [9.17, 15) is 8.42 Å². The molecule has 1 saturated carbocycles. The maximum atomic E-state index is 12.5. The second-order valence-corrected chi connectivity index (χ2v) is 8.92. The first kappa shape index (κ1) is 15.8. The summed E-state index contributed by atoms with van der Waals surface area (Å²) in [7, 11) is -1.95. The van der Waals surface area contributed by atoms with Gasteiger partial charge in [-0.3, -0.25) is 0 Å². The topological polar surface area (TPSA) is 55.4 Å². The van der Waals surface area contributed by atoms with Gasteiger partial charge in [-0.05, 0) is 48.6 Å². The Bertz CT molecular complexity index is 751. The normalized spacial score (nSPS) is 16.5. The minimum absolute atomic E-state index is 0.211. The summed E-state index contributed by atoms with van der Waals surface area (Å²) in [4.78, 5) is 0. The molecule has 1 aromatic carbocycles. The van der Waals surface area contributed by atoms with Crippen molar-refractivity contribution in [2.75, 3.05) is 7.11 Å². The highest BCUT2D eigenvalue weighted by atomic mass is 35.5. The fraction of sp³-hybridized carbons (Fsp3) is 0.333. The van der Waals surface area contributed by atoms with Gasteiger partial charge in [-0.2, -0.15) is 0 Å². The molecular weight excluding hydrogens is 342 g/mol. The number of nitrogens with one attached hydrogen (secondary N) is 1. The average molecular weight is 358 g/mol. The number of ether oxygens (including phenoxy) is 1. The maximum absolute atomic E-state index is 12.5. The third-order valence-corrected chi connectivity index (χ3v) is 6.83. The van der Waals surface area contributed by atoms with Crippen LogP contribution in [0.1, 0.15) is 24.4 Å². The van der Waals surface area contributed by atoms with Gasteiger partial charge in [-0.1, -0.05) is 23.7 Å². The largest absolute Gasteiger partial charge is 0.497 e. The second kappa shape index (κ2) is 6.20. The molecule has 4 nitrogen and oxygen atoms in total. The molecule has 0 bridgehead atoms. The highest BCUT2D eigenvalue weighted by molar-refractivity contribution is 7.91. The quantitative estimate of drug-likeness (QED) is 0.854. The van der Waals surface area contributed by atoms with Gasteiger partial charge in [0, 0.05) is 6.04 Å². The van der Waals surface area contributed by atoms with Crippen molar-refractivity contribution in [1.29, 1.82) is 0 Å². The van der Waals surface area contributed by atoms with E-state index in [-0.39, 0.29) is 10.3 Å². The van der Waals surface area contributed by atoms with Gasteiger partial charge in [-0.15, -0.1) is 11.3 Å². The summed E-state index contributed by atoms with van der Waals surface area (Å²) >= 11 is 6.91. The minimum Gasteiger partial charge on any atom is -0.497 e. The molecule has 1 N–H and O–H groups in total. The van der Waals surface area contributed by atoms with Crippen molar-refractivity contribution in [3.63, 3.8) is 0 Å². The molecule has 1 aromatic heterocycles. The van der Waals surface area contributed by atoms with Crippen molar-refractivity contribution in [2.24, 2.45) is 5.92 Å². The van der Waals surface area contributed by atoms with E-state index < -0.39 is 10.0 Å². The Balaban J connectivity index is 1.85. The molecule has 0 spiro atoms. The van der Waals surface area contributed by atoms with Gasteiger partial charge in [0.05, 0.1) is 11.4 Å². The van der Waals surface area contributed by atoms with Crippen LogP contribution in [0.4, 0.5) is 0 Å². The Hall–Kier alpha value is -1.08. The van der Waals surface area contributed by atoms with Crippen molar-refractivity contribution >= 4 is 33.0 Å². The Morgan fingerprint density at radius 1 is 1.23 bits per heavy atom. The lowest BCUT2D eigenvalue weighted by Gasteiger charge is -2.18. The van der Waals surface area contributed by atoms with Gasteiger partial charge in [0.1, 0.15) is 9.96 Å². The summed E-state index contributed by atoms with van der Waals surface area (Å²) in [6, 6.07) is 10.4. The molecule has 1 aliphatic carbocycles. The van der Waals surface area contributed by atoms with Gasteiger partial charge >= 0.3 is 0 Å². The lowest BCUT2D eigenvalue weighted by Crippen LogP contribution is -2.29. The fourth-order valence-electron chi connectivity index (χ4n) is 2.34. The van der Waals surface area contributed by atoms with Crippen LogP contribution in [-0.2, 0) is 10.0 Å². The number of hydrogen-bond acceptors (Lipinski definition) is 4. The molecule has 118 valence electrons. The van der Waals surface area contributed by atoms with Crippen molar-refractivity contribution in [3.05, 3.63) is 46.3 Å². The predicted molar refractivity (Wildman–Crippen MR) is 88.1 cm³/mol. The Labute approximate surface area is 139 Å². The first-order chi connectivity index (χ1) is 10.5. The van der Waals surface area contributed by atoms with E-state index in [1.54, 1.807) is 13.2 Å². The molecule has 1 heterocycles. The monoisotopic (exact) mass is 357 g/mol. The lowest BCUT2D eigenvalue weighted by atomic mass is 10.0. The van der Waals surface area contributed by atoms with Gasteiger partial charge < -0.3 is 4.74 Å². The van der Waals surface area contributed by atoms with E-state index in [1.165, 1.54) is 6.07 Å². The van der Waals surface area contributed by atoms with E-state index in [4.69, 9.17) is 16.3 Å². The van der Waals surface area contributed by atoms with Crippen LogP contribution in [0.15, 0.2) is 40.6 Å². The summed E-state index contributed by atoms with van der Waals surface area (Å²) in [5.41, 5.74) is 0.953. The van der Waals surface area contributed by atoms with Crippen molar-refractivity contribution in [2.45, 2.75) is 23.1 Å². The van der Waals surface area contributed by atoms with Gasteiger partial charge in [0.2, 0.25) is 0 Å². The molecule has 0 saturated heterocycles. The van der Waals surface area contributed by atoms with E-state index in [2.05, 4.69) is 4.72 Å². The third-order valence-electron chi connectivity index (χ3n) is 3.66. The Kier molecular flexibility index (Phi) is 4.45. The van der Waals surface area contributed by atoms with Crippen molar-refractivity contribution < 1.29 is 13.2 Å². The van der Waals surface area contributed by atoms with Crippen molar-refractivity contribution in [1.82, 2.24) is 4.72 Å². The minimum atomic E-state index is -3.55. The van der Waals surface area contributed by atoms with Crippen LogP contribution in [-0.4, -0.2) is 15.5 Å². The number of rotatable bonds is 6. The number of thiophene rings is 1. The predicted octanol–water partition coefficient (Wildman–Crippen LogP) is 3.84. The van der Waals surface area contributed by atoms with Crippen molar-refractivity contribution in [3.8, 4) is 5.75 Å². The third kappa shape index (κ3) is 3.46. The van der Waals surface area contributed by atoms with E-state index in [1.807, 2.05) is 24.3 Å². The lowest BCUT2D eigenvalue weighted by molar-refractivity contribution is 0.414.